The van der Waals surface area contributed by atoms with Crippen LogP contribution in [0.15, 0.2) is 48.5 Å². The predicted molar refractivity (Wildman–Crippen MR) is 123 cm³/mol. The minimum Gasteiger partial charge on any atom is -0.480 e. The number of benzene rings is 2. The van der Waals surface area contributed by atoms with Crippen LogP contribution in [0.2, 0.25) is 5.02 Å². The van der Waals surface area contributed by atoms with Crippen molar-refractivity contribution in [3.8, 4) is 6.07 Å². The van der Waals surface area contributed by atoms with Gasteiger partial charge in [-0.15, -0.1) is 11.8 Å². The molecule has 3 rings (SSSR count). The molecule has 7 nitrogen and oxygen atoms in total. The smallest absolute Gasteiger partial charge is 0.320 e. The van der Waals surface area contributed by atoms with E-state index in [4.69, 9.17) is 33.4 Å². The molecule has 0 aliphatic carbocycles. The van der Waals surface area contributed by atoms with Crippen LogP contribution in [0.5, 0.6) is 0 Å². The number of halogens is 1. The van der Waals surface area contributed by atoms with Crippen molar-refractivity contribution in [3.05, 3.63) is 70.2 Å². The first kappa shape index (κ1) is 24.7. The number of thioether (sulfide) groups is 1. The fraction of sp³-hybridized carbons (Fsp3) is 0.318. The van der Waals surface area contributed by atoms with Crippen molar-refractivity contribution in [1.82, 2.24) is 4.90 Å². The summed E-state index contributed by atoms with van der Waals surface area (Å²) >= 11 is 7.66. The van der Waals surface area contributed by atoms with E-state index in [2.05, 4.69) is 0 Å². The van der Waals surface area contributed by atoms with Crippen LogP contribution in [0, 0.1) is 11.3 Å². The normalized spacial score (nSPS) is 14.7. The van der Waals surface area contributed by atoms with Crippen LogP contribution in [0.4, 0.5) is 0 Å². The van der Waals surface area contributed by atoms with E-state index in [0.29, 0.717) is 17.0 Å². The number of hydrogen-bond acceptors (Lipinski definition) is 6. The quantitative estimate of drug-likeness (QED) is 0.601. The van der Waals surface area contributed by atoms with Crippen molar-refractivity contribution in [3.63, 3.8) is 0 Å². The molecule has 0 bridgehead atoms. The summed E-state index contributed by atoms with van der Waals surface area (Å²) in [7, 11) is 0. The standard InChI is InChI=1S/C12H15ClN2OS.C10H10N2O2/c13-10-3-1-2-9(6-10)7-11(14)12(16)15-4-5-17-8-15;11-6-8-3-1-2-7(4-8)5-9(12)10(13)14/h1-3,6,11H,4-5,7-8,14H2;1-4,9H,5,12H2,(H,13,14). The molecule has 0 aromatic heterocycles. The summed E-state index contributed by atoms with van der Waals surface area (Å²) in [4.78, 5) is 24.3. The number of hydrogen-bond donors (Lipinski definition) is 3. The number of aliphatic carboxylic acids is 1. The lowest BCUT2D eigenvalue weighted by Crippen LogP contribution is -2.43. The number of nitriles is 1. The van der Waals surface area contributed by atoms with Crippen LogP contribution < -0.4 is 11.5 Å². The third-order valence-corrected chi connectivity index (χ3v) is 5.76. The highest BCUT2D eigenvalue weighted by atomic mass is 35.5. The molecule has 0 spiro atoms. The molecule has 2 atom stereocenters. The Balaban J connectivity index is 0.000000225. The molecule has 0 saturated carbocycles. The van der Waals surface area contributed by atoms with E-state index in [9.17, 15) is 9.59 Å². The van der Waals surface area contributed by atoms with E-state index in [1.165, 1.54) is 0 Å². The minimum absolute atomic E-state index is 0.0370. The second-order valence-electron chi connectivity index (χ2n) is 7.04. The molecule has 1 heterocycles. The maximum Gasteiger partial charge on any atom is 0.320 e. The lowest BCUT2D eigenvalue weighted by atomic mass is 10.0. The fourth-order valence-corrected chi connectivity index (χ4v) is 4.10. The third-order valence-electron chi connectivity index (χ3n) is 4.56. The van der Waals surface area contributed by atoms with Crippen molar-refractivity contribution in [2.24, 2.45) is 11.5 Å². The summed E-state index contributed by atoms with van der Waals surface area (Å²) < 4.78 is 0. The zero-order valence-electron chi connectivity index (χ0n) is 16.9. The molecule has 164 valence electrons. The number of rotatable bonds is 6. The highest BCUT2D eigenvalue weighted by molar-refractivity contribution is 7.99. The van der Waals surface area contributed by atoms with Crippen LogP contribution in [-0.2, 0) is 22.4 Å². The minimum atomic E-state index is -1.03. The average Bonchev–Trinajstić information content (AvgIpc) is 3.28. The summed E-state index contributed by atoms with van der Waals surface area (Å²) in [6.07, 6.45) is 0.783. The molecule has 2 unspecified atom stereocenters. The van der Waals surface area contributed by atoms with Crippen molar-refractivity contribution in [1.29, 1.82) is 5.26 Å². The van der Waals surface area contributed by atoms with Gasteiger partial charge in [-0.2, -0.15) is 5.26 Å². The van der Waals surface area contributed by atoms with E-state index in [1.54, 1.807) is 36.0 Å². The number of amides is 1. The maximum atomic E-state index is 12.0. The van der Waals surface area contributed by atoms with E-state index < -0.39 is 18.1 Å². The molecule has 2 aromatic rings. The van der Waals surface area contributed by atoms with E-state index in [-0.39, 0.29) is 12.3 Å². The number of carboxylic acids is 1. The van der Waals surface area contributed by atoms with Gasteiger partial charge in [0, 0.05) is 17.3 Å². The maximum absolute atomic E-state index is 12.0. The van der Waals surface area contributed by atoms with Crippen LogP contribution in [0.3, 0.4) is 0 Å². The first-order chi connectivity index (χ1) is 14.8. The van der Waals surface area contributed by atoms with E-state index >= 15 is 0 Å². The van der Waals surface area contributed by atoms with Crippen molar-refractivity contribution >= 4 is 35.2 Å². The summed E-state index contributed by atoms with van der Waals surface area (Å²) in [5, 5.41) is 17.9. The zero-order valence-corrected chi connectivity index (χ0v) is 18.5. The second-order valence-corrected chi connectivity index (χ2v) is 8.55. The highest BCUT2D eigenvalue weighted by Crippen LogP contribution is 2.16. The van der Waals surface area contributed by atoms with Gasteiger partial charge in [0.05, 0.1) is 23.6 Å². The molecule has 1 aliphatic rings. The number of carbonyl (C=O) groups is 2. The molecule has 1 saturated heterocycles. The first-order valence-electron chi connectivity index (χ1n) is 9.64. The van der Waals surface area contributed by atoms with Gasteiger partial charge >= 0.3 is 5.97 Å². The second kappa shape index (κ2) is 12.3. The Morgan fingerprint density at radius 2 is 1.77 bits per heavy atom. The molecule has 1 aliphatic heterocycles. The van der Waals surface area contributed by atoms with Crippen molar-refractivity contribution in [2.45, 2.75) is 24.9 Å². The lowest BCUT2D eigenvalue weighted by molar-refractivity contribution is -0.138. The molecule has 1 fully saturated rings. The van der Waals surface area contributed by atoms with Gasteiger partial charge in [0.15, 0.2) is 0 Å². The van der Waals surface area contributed by atoms with Gasteiger partial charge in [0.1, 0.15) is 6.04 Å². The first-order valence-corrected chi connectivity index (χ1v) is 11.2. The molecular formula is C22H25ClN4O3S. The molecule has 2 aromatic carbocycles. The molecule has 5 N–H and O–H groups in total. The monoisotopic (exact) mass is 460 g/mol. The molecule has 31 heavy (non-hydrogen) atoms. The lowest BCUT2D eigenvalue weighted by Gasteiger charge is -2.19. The zero-order chi connectivity index (χ0) is 22.8. The summed E-state index contributed by atoms with van der Waals surface area (Å²) in [6, 6.07) is 14.9. The number of carbonyl (C=O) groups excluding carboxylic acids is 1. The Kier molecular flexibility index (Phi) is 9.82. The fourth-order valence-electron chi connectivity index (χ4n) is 2.94. The van der Waals surface area contributed by atoms with Gasteiger partial charge < -0.3 is 21.5 Å². The van der Waals surface area contributed by atoms with E-state index in [1.807, 2.05) is 35.2 Å². The third kappa shape index (κ3) is 8.23. The molecule has 9 heteroatoms. The Morgan fingerprint density at radius 1 is 1.13 bits per heavy atom. The van der Waals surface area contributed by atoms with Crippen LogP contribution in [0.25, 0.3) is 0 Å². The Bertz CT molecular complexity index is 944. The topological polar surface area (TPSA) is 133 Å². The van der Waals surface area contributed by atoms with Crippen molar-refractivity contribution < 1.29 is 14.7 Å². The van der Waals surface area contributed by atoms with Crippen LogP contribution in [0.1, 0.15) is 16.7 Å². The Morgan fingerprint density at radius 3 is 2.35 bits per heavy atom. The molecule has 1 amide bonds. The molecular weight excluding hydrogens is 436 g/mol. The van der Waals surface area contributed by atoms with Crippen LogP contribution >= 0.6 is 23.4 Å². The van der Waals surface area contributed by atoms with Gasteiger partial charge in [-0.3, -0.25) is 9.59 Å². The van der Waals surface area contributed by atoms with Crippen LogP contribution in [-0.4, -0.2) is 52.1 Å². The van der Waals surface area contributed by atoms with Gasteiger partial charge in [-0.1, -0.05) is 35.9 Å². The van der Waals surface area contributed by atoms with Crippen molar-refractivity contribution in [2.75, 3.05) is 18.2 Å². The largest absolute Gasteiger partial charge is 0.480 e. The molecule has 0 radical (unpaired) electrons. The highest BCUT2D eigenvalue weighted by Gasteiger charge is 2.24. The average molecular weight is 461 g/mol. The van der Waals surface area contributed by atoms with E-state index in [0.717, 1.165) is 29.3 Å². The van der Waals surface area contributed by atoms with Gasteiger partial charge in [-0.25, -0.2) is 0 Å². The summed E-state index contributed by atoms with van der Waals surface area (Å²) in [6.45, 7) is 0.812. The summed E-state index contributed by atoms with van der Waals surface area (Å²) in [5.74, 6) is 0.778. The predicted octanol–water partition coefficient (Wildman–Crippen LogP) is 2.26. The number of nitrogens with two attached hydrogens (primary N) is 2. The van der Waals surface area contributed by atoms with Gasteiger partial charge in [-0.05, 0) is 48.2 Å². The van der Waals surface area contributed by atoms with Gasteiger partial charge in [0.2, 0.25) is 5.91 Å². The Hall–Kier alpha value is -2.57. The van der Waals surface area contributed by atoms with Gasteiger partial charge in [0.25, 0.3) is 0 Å². The number of nitrogens with zero attached hydrogens (tertiary/aromatic N) is 2. The SMILES string of the molecule is N#Cc1cccc(CC(N)C(=O)O)c1.NC(Cc1cccc(Cl)c1)C(=O)N1CCSC1. The number of carboxylic acid groups (broad SMARTS) is 1. The Labute approximate surface area is 191 Å². The summed E-state index contributed by atoms with van der Waals surface area (Å²) in [5.41, 5.74) is 13.6.